The van der Waals surface area contributed by atoms with Crippen LogP contribution in [0.25, 0.3) is 0 Å². The molecule has 0 radical (unpaired) electrons. The van der Waals surface area contributed by atoms with Crippen LogP contribution in [0.15, 0.2) is 15.9 Å². The molecule has 0 bridgehead atoms. The lowest BCUT2D eigenvalue weighted by molar-refractivity contribution is -0.129. The van der Waals surface area contributed by atoms with Gasteiger partial charge in [0.1, 0.15) is 5.78 Å². The van der Waals surface area contributed by atoms with Crippen LogP contribution in [0.4, 0.5) is 0 Å². The Morgan fingerprint density at radius 1 is 1.39 bits per heavy atom. The molecule has 1 nitrogen and oxygen atoms in total. The van der Waals surface area contributed by atoms with Gasteiger partial charge in [0, 0.05) is 17.2 Å². The molecule has 18 heavy (non-hydrogen) atoms. The summed E-state index contributed by atoms with van der Waals surface area (Å²) in [4.78, 5) is 13.6. The zero-order valence-electron chi connectivity index (χ0n) is 11.3. The predicted molar refractivity (Wildman–Crippen MR) is 81.0 cm³/mol. The van der Waals surface area contributed by atoms with Crippen molar-refractivity contribution in [3.8, 4) is 0 Å². The van der Waals surface area contributed by atoms with E-state index < -0.39 is 0 Å². The minimum atomic E-state index is 0.0848. The third kappa shape index (κ3) is 3.24. The van der Waals surface area contributed by atoms with E-state index in [1.54, 1.807) is 11.3 Å². The van der Waals surface area contributed by atoms with E-state index in [4.69, 9.17) is 0 Å². The van der Waals surface area contributed by atoms with E-state index in [1.807, 2.05) is 0 Å². The fraction of sp³-hybridized carbons (Fsp3) is 0.667. The van der Waals surface area contributed by atoms with Gasteiger partial charge < -0.3 is 0 Å². The Balaban J connectivity index is 2.08. The zero-order valence-corrected chi connectivity index (χ0v) is 13.7. The quantitative estimate of drug-likeness (QED) is 0.755. The van der Waals surface area contributed by atoms with Crippen LogP contribution in [0.1, 0.15) is 44.9 Å². The SMILES string of the molecule is CC1CCC(C(C)(C)Cc2ccc(Br)s2)C(=O)C1. The summed E-state index contributed by atoms with van der Waals surface area (Å²) in [5.74, 6) is 1.31. The number of hydrogen-bond donors (Lipinski definition) is 0. The molecule has 0 N–H and O–H groups in total. The maximum Gasteiger partial charge on any atom is 0.136 e. The van der Waals surface area contributed by atoms with E-state index in [-0.39, 0.29) is 11.3 Å². The van der Waals surface area contributed by atoms with Gasteiger partial charge in [-0.2, -0.15) is 0 Å². The summed E-state index contributed by atoms with van der Waals surface area (Å²) in [7, 11) is 0. The van der Waals surface area contributed by atoms with Crippen molar-refractivity contribution in [3.05, 3.63) is 20.8 Å². The van der Waals surface area contributed by atoms with Gasteiger partial charge in [-0.25, -0.2) is 0 Å². The van der Waals surface area contributed by atoms with Crippen LogP contribution in [-0.2, 0) is 11.2 Å². The van der Waals surface area contributed by atoms with Gasteiger partial charge in [0.15, 0.2) is 0 Å². The Morgan fingerprint density at radius 3 is 2.67 bits per heavy atom. The molecular formula is C15H21BrOS. The highest BCUT2D eigenvalue weighted by atomic mass is 79.9. The summed E-state index contributed by atoms with van der Waals surface area (Å²) in [6.07, 6.45) is 4.06. The number of hydrogen-bond acceptors (Lipinski definition) is 2. The lowest BCUT2D eigenvalue weighted by atomic mass is 9.67. The number of ketones is 1. The van der Waals surface area contributed by atoms with Crippen LogP contribution in [-0.4, -0.2) is 5.78 Å². The Bertz CT molecular complexity index is 435. The molecule has 3 heteroatoms. The van der Waals surface area contributed by atoms with Crippen molar-refractivity contribution in [2.75, 3.05) is 0 Å². The maximum absolute atomic E-state index is 12.2. The van der Waals surface area contributed by atoms with E-state index in [0.29, 0.717) is 11.7 Å². The second-order valence-electron chi connectivity index (χ2n) is 6.28. The smallest absolute Gasteiger partial charge is 0.136 e. The van der Waals surface area contributed by atoms with Gasteiger partial charge >= 0.3 is 0 Å². The Hall–Kier alpha value is -0.150. The van der Waals surface area contributed by atoms with Gasteiger partial charge in [0.2, 0.25) is 0 Å². The molecule has 0 spiro atoms. The van der Waals surface area contributed by atoms with Gasteiger partial charge in [-0.1, -0.05) is 20.8 Å². The van der Waals surface area contributed by atoms with E-state index in [9.17, 15) is 4.79 Å². The number of carbonyl (C=O) groups excluding carboxylic acids is 1. The maximum atomic E-state index is 12.2. The van der Waals surface area contributed by atoms with Crippen LogP contribution < -0.4 is 0 Å². The number of carbonyl (C=O) groups is 1. The molecule has 0 aromatic carbocycles. The second-order valence-corrected chi connectivity index (χ2v) is 8.82. The van der Waals surface area contributed by atoms with Crippen molar-refractivity contribution < 1.29 is 4.79 Å². The van der Waals surface area contributed by atoms with E-state index in [1.165, 1.54) is 15.1 Å². The molecule has 1 aliphatic carbocycles. The minimum absolute atomic E-state index is 0.0848. The molecule has 0 aliphatic heterocycles. The van der Waals surface area contributed by atoms with Gasteiger partial charge in [0.05, 0.1) is 3.79 Å². The first-order valence-corrected chi connectivity index (χ1v) is 8.26. The molecule has 2 atom stereocenters. The van der Waals surface area contributed by atoms with Gasteiger partial charge in [-0.3, -0.25) is 4.79 Å². The number of Topliss-reactive ketones (excluding diaryl/α,β-unsaturated/α-hetero) is 1. The largest absolute Gasteiger partial charge is 0.299 e. The third-order valence-corrected chi connectivity index (χ3v) is 5.71. The average molecular weight is 329 g/mol. The van der Waals surface area contributed by atoms with Crippen molar-refractivity contribution in [2.45, 2.75) is 46.5 Å². The van der Waals surface area contributed by atoms with E-state index >= 15 is 0 Å². The highest BCUT2D eigenvalue weighted by Gasteiger charge is 2.38. The summed E-state index contributed by atoms with van der Waals surface area (Å²) in [5, 5.41) is 0. The first kappa shape index (κ1) is 14.3. The molecule has 2 rings (SSSR count). The lowest BCUT2D eigenvalue weighted by Crippen LogP contribution is -2.36. The molecule has 1 fully saturated rings. The topological polar surface area (TPSA) is 17.1 Å². The van der Waals surface area contributed by atoms with Crippen molar-refractivity contribution in [1.29, 1.82) is 0 Å². The zero-order chi connectivity index (χ0) is 13.3. The van der Waals surface area contributed by atoms with Crippen LogP contribution in [0.2, 0.25) is 0 Å². The average Bonchev–Trinajstić information content (AvgIpc) is 2.62. The Labute approximate surface area is 122 Å². The molecule has 1 heterocycles. The molecule has 1 saturated carbocycles. The van der Waals surface area contributed by atoms with E-state index in [2.05, 4.69) is 48.8 Å². The summed E-state index contributed by atoms with van der Waals surface area (Å²) < 4.78 is 1.18. The molecule has 1 aliphatic rings. The number of halogens is 1. The fourth-order valence-electron chi connectivity index (χ4n) is 3.05. The van der Waals surface area contributed by atoms with Crippen molar-refractivity contribution >= 4 is 33.0 Å². The monoisotopic (exact) mass is 328 g/mol. The summed E-state index contributed by atoms with van der Waals surface area (Å²) in [6, 6.07) is 4.27. The molecule has 2 unspecified atom stereocenters. The molecule has 0 saturated heterocycles. The minimum Gasteiger partial charge on any atom is -0.299 e. The number of thiophene rings is 1. The first-order chi connectivity index (χ1) is 8.38. The number of rotatable bonds is 3. The third-order valence-electron chi connectivity index (χ3n) is 4.09. The van der Waals surface area contributed by atoms with Crippen LogP contribution in [0, 0.1) is 17.3 Å². The van der Waals surface area contributed by atoms with Crippen molar-refractivity contribution in [3.63, 3.8) is 0 Å². The molecule has 1 aromatic heterocycles. The molecule has 100 valence electrons. The molecule has 0 amide bonds. The van der Waals surface area contributed by atoms with E-state index in [0.717, 1.165) is 19.3 Å². The normalized spacial score (nSPS) is 25.4. The highest BCUT2D eigenvalue weighted by Crippen LogP contribution is 2.41. The Morgan fingerprint density at radius 2 is 2.11 bits per heavy atom. The van der Waals surface area contributed by atoms with Gasteiger partial charge in [0.25, 0.3) is 0 Å². The highest BCUT2D eigenvalue weighted by molar-refractivity contribution is 9.11. The van der Waals surface area contributed by atoms with Crippen LogP contribution in [0.5, 0.6) is 0 Å². The van der Waals surface area contributed by atoms with Gasteiger partial charge in [-0.15, -0.1) is 11.3 Å². The molecular weight excluding hydrogens is 308 g/mol. The summed E-state index contributed by atoms with van der Waals surface area (Å²) in [5.41, 5.74) is 0.0848. The Kier molecular flexibility index (Phi) is 4.32. The predicted octanol–water partition coefficient (Wildman–Crippen LogP) is 5.08. The summed E-state index contributed by atoms with van der Waals surface area (Å²) >= 11 is 5.29. The summed E-state index contributed by atoms with van der Waals surface area (Å²) in [6.45, 7) is 6.69. The van der Waals surface area contributed by atoms with Crippen LogP contribution >= 0.6 is 27.3 Å². The standard InChI is InChI=1S/C15H21BrOS/c1-10-4-6-12(13(17)8-10)15(2,3)9-11-5-7-14(16)18-11/h5,7,10,12H,4,6,8-9H2,1-3H3. The van der Waals surface area contributed by atoms with Crippen molar-refractivity contribution in [2.24, 2.45) is 17.3 Å². The molecule has 1 aromatic rings. The first-order valence-electron chi connectivity index (χ1n) is 6.65. The second kappa shape index (κ2) is 5.46. The van der Waals surface area contributed by atoms with Crippen molar-refractivity contribution in [1.82, 2.24) is 0 Å². The van der Waals surface area contributed by atoms with Crippen LogP contribution in [0.3, 0.4) is 0 Å². The fourth-order valence-corrected chi connectivity index (χ4v) is 4.77. The lowest BCUT2D eigenvalue weighted by Gasteiger charge is -2.37. The van der Waals surface area contributed by atoms with Gasteiger partial charge in [-0.05, 0) is 58.7 Å².